The summed E-state index contributed by atoms with van der Waals surface area (Å²) in [5.74, 6) is -0.401. The van der Waals surface area contributed by atoms with E-state index in [0.717, 1.165) is 19.6 Å². The molecule has 0 atom stereocenters. The minimum Gasteiger partial charge on any atom is -0.461 e. The predicted molar refractivity (Wildman–Crippen MR) is 65.2 cm³/mol. The molecule has 2 heterocycles. The average molecular weight is 255 g/mol. The van der Waals surface area contributed by atoms with Gasteiger partial charge in [0, 0.05) is 12.7 Å². The van der Waals surface area contributed by atoms with Crippen LogP contribution in [0.1, 0.15) is 23.2 Å². The van der Waals surface area contributed by atoms with Crippen molar-refractivity contribution in [2.75, 3.05) is 26.2 Å². The Morgan fingerprint density at radius 1 is 1.47 bits per heavy atom. The highest BCUT2D eigenvalue weighted by Gasteiger charge is 2.14. The molecular formula is C12H15ClN2O2. The smallest absolute Gasteiger partial charge is 0.341 e. The minimum atomic E-state index is -0.401. The minimum absolute atomic E-state index is 0.193. The van der Waals surface area contributed by atoms with E-state index in [2.05, 4.69) is 9.88 Å². The number of carbonyl (C=O) groups excluding carboxylic acids is 1. The van der Waals surface area contributed by atoms with Crippen LogP contribution < -0.4 is 0 Å². The van der Waals surface area contributed by atoms with Crippen molar-refractivity contribution in [2.24, 2.45) is 0 Å². The van der Waals surface area contributed by atoms with Crippen LogP contribution in [-0.4, -0.2) is 42.1 Å². The van der Waals surface area contributed by atoms with Crippen LogP contribution >= 0.6 is 11.6 Å². The van der Waals surface area contributed by atoms with Crippen LogP contribution in [0, 0.1) is 0 Å². The number of likely N-dealkylation sites (tertiary alicyclic amines) is 1. The topological polar surface area (TPSA) is 42.4 Å². The first-order valence-electron chi connectivity index (χ1n) is 5.77. The Labute approximate surface area is 106 Å². The normalized spacial score (nSPS) is 16.1. The first-order valence-corrected chi connectivity index (χ1v) is 6.15. The van der Waals surface area contributed by atoms with Crippen LogP contribution in [0.4, 0.5) is 0 Å². The molecule has 1 aromatic rings. The highest BCUT2D eigenvalue weighted by molar-refractivity contribution is 6.32. The van der Waals surface area contributed by atoms with Crippen LogP contribution in [0.2, 0.25) is 5.15 Å². The monoisotopic (exact) mass is 254 g/mol. The molecule has 1 aliphatic heterocycles. The molecule has 2 rings (SSSR count). The van der Waals surface area contributed by atoms with Gasteiger partial charge in [-0.1, -0.05) is 11.6 Å². The number of hydrogen-bond donors (Lipinski definition) is 0. The second kappa shape index (κ2) is 5.98. The number of halogens is 1. The Kier molecular flexibility index (Phi) is 4.34. The summed E-state index contributed by atoms with van der Waals surface area (Å²) in [6.07, 6.45) is 4.02. The number of pyridine rings is 1. The molecule has 0 bridgehead atoms. The Morgan fingerprint density at radius 3 is 2.94 bits per heavy atom. The molecule has 17 heavy (non-hydrogen) atoms. The molecule has 92 valence electrons. The van der Waals surface area contributed by atoms with Gasteiger partial charge in [-0.2, -0.15) is 0 Å². The first kappa shape index (κ1) is 12.3. The van der Waals surface area contributed by atoms with Crippen LogP contribution in [-0.2, 0) is 4.74 Å². The van der Waals surface area contributed by atoms with Crippen molar-refractivity contribution in [2.45, 2.75) is 12.8 Å². The zero-order valence-electron chi connectivity index (χ0n) is 9.56. The lowest BCUT2D eigenvalue weighted by molar-refractivity contribution is 0.0472. The second-order valence-corrected chi connectivity index (χ2v) is 4.38. The second-order valence-electron chi connectivity index (χ2n) is 4.03. The summed E-state index contributed by atoms with van der Waals surface area (Å²) in [7, 11) is 0. The number of ether oxygens (including phenoxy) is 1. The summed E-state index contributed by atoms with van der Waals surface area (Å²) in [5, 5.41) is 0.193. The van der Waals surface area contributed by atoms with Gasteiger partial charge >= 0.3 is 5.97 Å². The fraction of sp³-hybridized carbons (Fsp3) is 0.500. The number of hydrogen-bond acceptors (Lipinski definition) is 4. The fourth-order valence-electron chi connectivity index (χ4n) is 1.89. The van der Waals surface area contributed by atoms with Gasteiger partial charge < -0.3 is 4.74 Å². The van der Waals surface area contributed by atoms with Crippen molar-refractivity contribution >= 4 is 17.6 Å². The van der Waals surface area contributed by atoms with E-state index in [0.29, 0.717) is 12.2 Å². The molecule has 1 aromatic heterocycles. The van der Waals surface area contributed by atoms with Gasteiger partial charge in [-0.15, -0.1) is 0 Å². The van der Waals surface area contributed by atoms with Crippen LogP contribution in [0.3, 0.4) is 0 Å². The van der Waals surface area contributed by atoms with Crippen molar-refractivity contribution in [3.05, 3.63) is 29.0 Å². The van der Waals surface area contributed by atoms with Gasteiger partial charge in [0.05, 0.1) is 5.56 Å². The fourth-order valence-corrected chi connectivity index (χ4v) is 2.09. The van der Waals surface area contributed by atoms with Gasteiger partial charge in [0.1, 0.15) is 11.8 Å². The molecule has 5 heteroatoms. The molecule has 1 aliphatic rings. The van der Waals surface area contributed by atoms with Crippen molar-refractivity contribution in [3.63, 3.8) is 0 Å². The van der Waals surface area contributed by atoms with E-state index in [-0.39, 0.29) is 5.15 Å². The summed E-state index contributed by atoms with van der Waals surface area (Å²) in [6, 6.07) is 3.29. The number of esters is 1. The molecular weight excluding hydrogens is 240 g/mol. The molecule has 1 fully saturated rings. The molecule has 4 nitrogen and oxygen atoms in total. The molecule has 0 unspecified atom stereocenters. The summed E-state index contributed by atoms with van der Waals surface area (Å²) in [5.41, 5.74) is 0.329. The predicted octanol–water partition coefficient (Wildman–Crippen LogP) is 1.99. The molecule has 0 spiro atoms. The third-order valence-corrected chi connectivity index (χ3v) is 3.12. The van der Waals surface area contributed by atoms with Gasteiger partial charge in [0.2, 0.25) is 0 Å². The number of carbonyl (C=O) groups is 1. The summed E-state index contributed by atoms with van der Waals surface area (Å²) in [4.78, 5) is 17.8. The van der Waals surface area contributed by atoms with E-state index in [9.17, 15) is 4.79 Å². The van der Waals surface area contributed by atoms with Crippen LogP contribution in [0.15, 0.2) is 18.3 Å². The molecule has 0 saturated carbocycles. The van der Waals surface area contributed by atoms with E-state index in [4.69, 9.17) is 16.3 Å². The van der Waals surface area contributed by atoms with Gasteiger partial charge in [-0.25, -0.2) is 9.78 Å². The van der Waals surface area contributed by atoms with E-state index < -0.39 is 5.97 Å². The van der Waals surface area contributed by atoms with E-state index in [1.807, 2.05) is 0 Å². The van der Waals surface area contributed by atoms with Gasteiger partial charge in [0.25, 0.3) is 0 Å². The van der Waals surface area contributed by atoms with Gasteiger partial charge in [-0.3, -0.25) is 4.90 Å². The first-order chi connectivity index (χ1) is 8.27. The maximum atomic E-state index is 11.7. The van der Waals surface area contributed by atoms with Gasteiger partial charge in [0.15, 0.2) is 0 Å². The maximum Gasteiger partial charge on any atom is 0.341 e. The average Bonchev–Trinajstić information content (AvgIpc) is 2.82. The SMILES string of the molecule is O=C(OCCN1CCCC1)c1cccnc1Cl. The lowest BCUT2D eigenvalue weighted by Gasteiger charge is -2.14. The van der Waals surface area contributed by atoms with E-state index in [1.165, 1.54) is 12.8 Å². The van der Waals surface area contributed by atoms with Crippen molar-refractivity contribution in [1.82, 2.24) is 9.88 Å². The number of rotatable bonds is 4. The molecule has 0 aromatic carbocycles. The molecule has 0 radical (unpaired) electrons. The third-order valence-electron chi connectivity index (χ3n) is 2.82. The summed E-state index contributed by atoms with van der Waals surface area (Å²) < 4.78 is 5.17. The largest absolute Gasteiger partial charge is 0.461 e. The van der Waals surface area contributed by atoms with Crippen LogP contribution in [0.25, 0.3) is 0 Å². The lowest BCUT2D eigenvalue weighted by atomic mass is 10.3. The standard InChI is InChI=1S/C12H15ClN2O2/c13-11-10(4-3-5-14-11)12(16)17-9-8-15-6-1-2-7-15/h3-5H,1-2,6-9H2. The van der Waals surface area contributed by atoms with E-state index >= 15 is 0 Å². The summed E-state index contributed by atoms with van der Waals surface area (Å²) in [6.45, 7) is 3.41. The number of nitrogens with zero attached hydrogens (tertiary/aromatic N) is 2. The Morgan fingerprint density at radius 2 is 2.24 bits per heavy atom. The quantitative estimate of drug-likeness (QED) is 0.609. The highest BCUT2D eigenvalue weighted by Crippen LogP contribution is 2.13. The molecule has 0 amide bonds. The van der Waals surface area contributed by atoms with Crippen molar-refractivity contribution < 1.29 is 9.53 Å². The summed E-state index contributed by atoms with van der Waals surface area (Å²) >= 11 is 5.80. The Balaban J connectivity index is 1.79. The zero-order valence-corrected chi connectivity index (χ0v) is 10.3. The van der Waals surface area contributed by atoms with Crippen molar-refractivity contribution in [3.8, 4) is 0 Å². The van der Waals surface area contributed by atoms with Gasteiger partial charge in [-0.05, 0) is 38.1 Å². The molecule has 1 saturated heterocycles. The Hall–Kier alpha value is -1.13. The van der Waals surface area contributed by atoms with E-state index in [1.54, 1.807) is 18.3 Å². The zero-order chi connectivity index (χ0) is 12.1. The van der Waals surface area contributed by atoms with Crippen LogP contribution in [0.5, 0.6) is 0 Å². The third kappa shape index (κ3) is 3.41. The Bertz CT molecular complexity index is 392. The number of aromatic nitrogens is 1. The molecule has 0 N–H and O–H groups in total. The van der Waals surface area contributed by atoms with Crippen molar-refractivity contribution in [1.29, 1.82) is 0 Å². The maximum absolute atomic E-state index is 11.7. The highest BCUT2D eigenvalue weighted by atomic mass is 35.5. The molecule has 0 aliphatic carbocycles. The lowest BCUT2D eigenvalue weighted by Crippen LogP contribution is -2.25.